The molecule has 1 saturated heterocycles. The standard InChI is InChI=1S/C12H24N2O2/c1-3-9(2)10-4-6-14(7-5-10)12(16)11(13)8-15/h9-11,15H,3-8,13H2,1-2H3/t9-,11-/m0/s1. The van der Waals surface area contributed by atoms with Gasteiger partial charge in [0.1, 0.15) is 6.04 Å². The van der Waals surface area contributed by atoms with E-state index in [-0.39, 0.29) is 12.5 Å². The zero-order valence-electron chi connectivity index (χ0n) is 10.4. The van der Waals surface area contributed by atoms with E-state index < -0.39 is 6.04 Å². The number of nitrogens with zero attached hydrogens (tertiary/aromatic N) is 1. The second-order valence-electron chi connectivity index (χ2n) is 4.84. The normalized spacial score (nSPS) is 21.9. The smallest absolute Gasteiger partial charge is 0.241 e. The van der Waals surface area contributed by atoms with E-state index in [0.717, 1.165) is 37.8 Å². The maximum Gasteiger partial charge on any atom is 0.241 e. The third-order valence-electron chi connectivity index (χ3n) is 3.81. The fourth-order valence-electron chi connectivity index (χ4n) is 2.33. The molecule has 0 radical (unpaired) electrons. The maximum absolute atomic E-state index is 11.7. The van der Waals surface area contributed by atoms with Crippen molar-refractivity contribution in [1.82, 2.24) is 4.90 Å². The van der Waals surface area contributed by atoms with Gasteiger partial charge in [-0.05, 0) is 24.7 Å². The Morgan fingerprint density at radius 3 is 2.50 bits per heavy atom. The summed E-state index contributed by atoms with van der Waals surface area (Å²) >= 11 is 0. The summed E-state index contributed by atoms with van der Waals surface area (Å²) in [6.07, 6.45) is 3.34. The van der Waals surface area contributed by atoms with Crippen LogP contribution in [0.2, 0.25) is 0 Å². The van der Waals surface area contributed by atoms with E-state index in [2.05, 4.69) is 13.8 Å². The summed E-state index contributed by atoms with van der Waals surface area (Å²) in [5.41, 5.74) is 5.53. The number of rotatable bonds is 4. The molecule has 16 heavy (non-hydrogen) atoms. The summed E-state index contributed by atoms with van der Waals surface area (Å²) in [5, 5.41) is 8.84. The second kappa shape index (κ2) is 6.21. The number of likely N-dealkylation sites (tertiary alicyclic amines) is 1. The number of hydrogen-bond acceptors (Lipinski definition) is 3. The van der Waals surface area contributed by atoms with Crippen LogP contribution in [-0.2, 0) is 4.79 Å². The van der Waals surface area contributed by atoms with E-state index in [0.29, 0.717) is 0 Å². The van der Waals surface area contributed by atoms with E-state index in [9.17, 15) is 4.79 Å². The molecule has 1 aliphatic rings. The van der Waals surface area contributed by atoms with Gasteiger partial charge in [-0.1, -0.05) is 20.3 Å². The van der Waals surface area contributed by atoms with Gasteiger partial charge < -0.3 is 15.7 Å². The molecule has 3 N–H and O–H groups in total. The molecule has 0 aromatic rings. The molecule has 0 aromatic heterocycles. The third-order valence-corrected chi connectivity index (χ3v) is 3.81. The maximum atomic E-state index is 11.7. The van der Waals surface area contributed by atoms with Gasteiger partial charge in [-0.3, -0.25) is 4.79 Å². The molecule has 0 aromatic carbocycles. The fraction of sp³-hybridized carbons (Fsp3) is 0.917. The molecule has 1 fully saturated rings. The fourth-order valence-corrected chi connectivity index (χ4v) is 2.33. The summed E-state index contributed by atoms with van der Waals surface area (Å²) in [7, 11) is 0. The summed E-state index contributed by atoms with van der Waals surface area (Å²) in [6, 6.07) is -0.736. The number of aliphatic hydroxyl groups is 1. The highest BCUT2D eigenvalue weighted by Gasteiger charge is 2.27. The van der Waals surface area contributed by atoms with Crippen molar-refractivity contribution in [2.75, 3.05) is 19.7 Å². The van der Waals surface area contributed by atoms with Gasteiger partial charge in [-0.25, -0.2) is 0 Å². The van der Waals surface area contributed by atoms with Crippen LogP contribution in [0.1, 0.15) is 33.1 Å². The Morgan fingerprint density at radius 1 is 1.50 bits per heavy atom. The molecule has 0 bridgehead atoms. The molecule has 1 rings (SSSR count). The number of carbonyl (C=O) groups is 1. The van der Waals surface area contributed by atoms with Crippen molar-refractivity contribution in [3.8, 4) is 0 Å². The highest BCUT2D eigenvalue weighted by atomic mass is 16.3. The van der Waals surface area contributed by atoms with Crippen LogP contribution < -0.4 is 5.73 Å². The van der Waals surface area contributed by atoms with Crippen LogP contribution in [-0.4, -0.2) is 41.7 Å². The minimum atomic E-state index is -0.736. The molecule has 0 spiro atoms. The Bertz CT molecular complexity index is 225. The predicted molar refractivity (Wildman–Crippen MR) is 63.8 cm³/mol. The zero-order valence-corrected chi connectivity index (χ0v) is 10.4. The first-order valence-corrected chi connectivity index (χ1v) is 6.25. The van der Waals surface area contributed by atoms with Crippen molar-refractivity contribution < 1.29 is 9.90 Å². The van der Waals surface area contributed by atoms with Gasteiger partial charge in [0.15, 0.2) is 0 Å². The summed E-state index contributed by atoms with van der Waals surface area (Å²) in [6.45, 7) is 5.82. The number of hydrogen-bond donors (Lipinski definition) is 2. The molecule has 2 atom stereocenters. The van der Waals surface area contributed by atoms with Crippen molar-refractivity contribution >= 4 is 5.91 Å². The molecular weight excluding hydrogens is 204 g/mol. The third kappa shape index (κ3) is 3.19. The Labute approximate surface area is 97.8 Å². The van der Waals surface area contributed by atoms with Crippen LogP contribution >= 0.6 is 0 Å². The largest absolute Gasteiger partial charge is 0.394 e. The average Bonchev–Trinajstić information content (AvgIpc) is 2.36. The molecule has 0 aliphatic carbocycles. The molecule has 0 unspecified atom stereocenters. The van der Waals surface area contributed by atoms with E-state index in [1.54, 1.807) is 4.90 Å². The second-order valence-corrected chi connectivity index (χ2v) is 4.84. The zero-order chi connectivity index (χ0) is 12.1. The number of amides is 1. The lowest BCUT2D eigenvalue weighted by molar-refractivity contribution is -0.135. The number of nitrogens with two attached hydrogens (primary N) is 1. The Kier molecular flexibility index (Phi) is 5.22. The number of aliphatic hydroxyl groups excluding tert-OH is 1. The van der Waals surface area contributed by atoms with Crippen molar-refractivity contribution in [1.29, 1.82) is 0 Å². The molecule has 0 saturated carbocycles. The summed E-state index contributed by atoms with van der Waals surface area (Å²) in [4.78, 5) is 13.5. The Hall–Kier alpha value is -0.610. The number of carbonyl (C=O) groups excluding carboxylic acids is 1. The topological polar surface area (TPSA) is 66.6 Å². The van der Waals surface area contributed by atoms with Crippen LogP contribution in [0.25, 0.3) is 0 Å². The molecule has 94 valence electrons. The Balaban J connectivity index is 2.40. The first-order valence-electron chi connectivity index (χ1n) is 6.25. The Morgan fingerprint density at radius 2 is 2.06 bits per heavy atom. The highest BCUT2D eigenvalue weighted by Crippen LogP contribution is 2.26. The molecule has 4 nitrogen and oxygen atoms in total. The molecule has 1 heterocycles. The minimum Gasteiger partial charge on any atom is -0.394 e. The number of piperidine rings is 1. The predicted octanol–water partition coefficient (Wildman–Crippen LogP) is 0.591. The molecule has 1 aliphatic heterocycles. The van der Waals surface area contributed by atoms with Crippen molar-refractivity contribution in [3.63, 3.8) is 0 Å². The lowest BCUT2D eigenvalue weighted by atomic mass is 9.84. The van der Waals surface area contributed by atoms with Crippen molar-refractivity contribution in [3.05, 3.63) is 0 Å². The van der Waals surface area contributed by atoms with Crippen LogP contribution in [0.15, 0.2) is 0 Å². The van der Waals surface area contributed by atoms with Gasteiger partial charge in [0.2, 0.25) is 5.91 Å². The van der Waals surface area contributed by atoms with E-state index in [4.69, 9.17) is 10.8 Å². The van der Waals surface area contributed by atoms with Gasteiger partial charge in [0, 0.05) is 13.1 Å². The lowest BCUT2D eigenvalue weighted by Crippen LogP contribution is -2.49. The van der Waals surface area contributed by atoms with Crippen LogP contribution in [0.5, 0.6) is 0 Å². The highest BCUT2D eigenvalue weighted by molar-refractivity contribution is 5.81. The van der Waals surface area contributed by atoms with Crippen LogP contribution in [0.4, 0.5) is 0 Å². The molecular formula is C12H24N2O2. The quantitative estimate of drug-likeness (QED) is 0.740. The van der Waals surface area contributed by atoms with Gasteiger partial charge in [-0.2, -0.15) is 0 Å². The summed E-state index contributed by atoms with van der Waals surface area (Å²) < 4.78 is 0. The van der Waals surface area contributed by atoms with E-state index in [1.807, 2.05) is 0 Å². The van der Waals surface area contributed by atoms with E-state index in [1.165, 1.54) is 6.42 Å². The molecule has 4 heteroatoms. The van der Waals surface area contributed by atoms with Crippen molar-refractivity contribution in [2.45, 2.75) is 39.2 Å². The van der Waals surface area contributed by atoms with Gasteiger partial charge in [-0.15, -0.1) is 0 Å². The SMILES string of the molecule is CC[C@H](C)C1CCN(C(=O)[C@@H](N)CO)CC1. The average molecular weight is 228 g/mol. The molecule has 1 amide bonds. The van der Waals surface area contributed by atoms with Gasteiger partial charge >= 0.3 is 0 Å². The monoisotopic (exact) mass is 228 g/mol. The first kappa shape index (κ1) is 13.5. The van der Waals surface area contributed by atoms with Gasteiger partial charge in [0.25, 0.3) is 0 Å². The van der Waals surface area contributed by atoms with Gasteiger partial charge in [0.05, 0.1) is 6.61 Å². The lowest BCUT2D eigenvalue weighted by Gasteiger charge is -2.35. The first-order chi connectivity index (χ1) is 7.60. The van der Waals surface area contributed by atoms with E-state index >= 15 is 0 Å². The van der Waals surface area contributed by atoms with Crippen molar-refractivity contribution in [2.24, 2.45) is 17.6 Å². The van der Waals surface area contributed by atoms with Crippen LogP contribution in [0.3, 0.4) is 0 Å². The summed E-state index contributed by atoms with van der Waals surface area (Å²) in [5.74, 6) is 1.37. The minimum absolute atomic E-state index is 0.106. The van der Waals surface area contributed by atoms with Crippen LogP contribution in [0, 0.1) is 11.8 Å².